The minimum Gasteiger partial charge on any atom is -0.275 e. The first-order valence-electron chi connectivity index (χ1n) is 3.58. The predicted molar refractivity (Wildman–Crippen MR) is 43.1 cm³/mol. The van der Waals surface area contributed by atoms with Crippen molar-refractivity contribution in [2.75, 3.05) is 11.6 Å². The van der Waals surface area contributed by atoms with E-state index < -0.39 is 12.0 Å². The second-order valence-electron chi connectivity index (χ2n) is 2.42. The van der Waals surface area contributed by atoms with Crippen LogP contribution >= 0.6 is 0 Å². The Hall–Kier alpha value is -1.57. The van der Waals surface area contributed by atoms with Crippen molar-refractivity contribution in [2.24, 2.45) is 5.84 Å². The Labute approximate surface area is 77.4 Å². The van der Waals surface area contributed by atoms with E-state index in [0.29, 0.717) is 0 Å². The minimum absolute atomic E-state index is 0.155. The highest BCUT2D eigenvalue weighted by atomic mass is 19.4. The third-order valence-electron chi connectivity index (χ3n) is 1.33. The van der Waals surface area contributed by atoms with Crippen LogP contribution in [0.3, 0.4) is 0 Å². The summed E-state index contributed by atoms with van der Waals surface area (Å²) in [4.78, 5) is 3.16. The van der Waals surface area contributed by atoms with Crippen molar-refractivity contribution in [3.63, 3.8) is 0 Å². The number of aromatic amines is 1. The van der Waals surface area contributed by atoms with Crippen molar-refractivity contribution in [1.82, 2.24) is 15.2 Å². The van der Waals surface area contributed by atoms with Gasteiger partial charge in [0.2, 0.25) is 5.95 Å². The number of hydrogen-bond acceptors (Lipinski definition) is 4. The van der Waals surface area contributed by atoms with Gasteiger partial charge in [0, 0.05) is 0 Å². The number of nitrogens with one attached hydrogen (secondary N) is 1. The van der Waals surface area contributed by atoms with E-state index in [1.54, 1.807) is 0 Å². The monoisotopic (exact) mass is 207 g/mol. The number of alkyl halides is 3. The lowest BCUT2D eigenvalue weighted by Gasteiger charge is -2.10. The molecule has 0 saturated heterocycles. The van der Waals surface area contributed by atoms with Gasteiger partial charge >= 0.3 is 6.18 Å². The fourth-order valence-corrected chi connectivity index (χ4v) is 0.734. The van der Waals surface area contributed by atoms with Crippen LogP contribution in [0, 0.1) is 0 Å². The molecule has 0 unspecified atom stereocenters. The van der Waals surface area contributed by atoms with Gasteiger partial charge in [-0.2, -0.15) is 18.2 Å². The van der Waals surface area contributed by atoms with E-state index in [-0.39, 0.29) is 12.5 Å². The van der Waals surface area contributed by atoms with Crippen LogP contribution in [0.5, 0.6) is 0 Å². The molecule has 78 valence electrons. The van der Waals surface area contributed by atoms with Gasteiger partial charge in [0.1, 0.15) is 0 Å². The Bertz CT molecular complexity index is 318. The highest BCUT2D eigenvalue weighted by Gasteiger charge is 2.36. The molecule has 1 aromatic heterocycles. The quantitative estimate of drug-likeness (QED) is 0.434. The van der Waals surface area contributed by atoms with Gasteiger partial charge in [-0.15, -0.1) is 11.7 Å². The molecule has 1 rings (SSSR count). The number of H-pyrrole nitrogens is 1. The maximum atomic E-state index is 12.0. The van der Waals surface area contributed by atoms with E-state index in [1.807, 2.05) is 0 Å². The molecule has 0 amide bonds. The molecule has 0 atom stereocenters. The highest BCUT2D eigenvalue weighted by molar-refractivity contribution is 5.27. The molecule has 1 aromatic rings. The fourth-order valence-electron chi connectivity index (χ4n) is 0.734. The molecule has 0 saturated carbocycles. The molecule has 0 aliphatic rings. The number of hydrazine groups is 1. The number of hydrogen-bond donors (Lipinski definition) is 2. The summed E-state index contributed by atoms with van der Waals surface area (Å²) in [5, 5.41) is 6.01. The van der Waals surface area contributed by atoms with Crippen molar-refractivity contribution < 1.29 is 13.2 Å². The number of anilines is 1. The number of nitrogens with zero attached hydrogens (tertiary/aromatic N) is 3. The minimum atomic E-state index is -4.57. The van der Waals surface area contributed by atoms with Gasteiger partial charge in [-0.05, 0) is 0 Å². The molecule has 0 radical (unpaired) electrons. The zero-order valence-electron chi connectivity index (χ0n) is 7.04. The zero-order chi connectivity index (χ0) is 10.8. The van der Waals surface area contributed by atoms with E-state index in [2.05, 4.69) is 21.8 Å². The number of nitrogens with two attached hydrogens (primary N) is 1. The first kappa shape index (κ1) is 10.5. The van der Waals surface area contributed by atoms with Crippen molar-refractivity contribution in [3.8, 4) is 0 Å². The van der Waals surface area contributed by atoms with Crippen LogP contribution in [0.25, 0.3) is 0 Å². The predicted octanol–water partition coefficient (Wildman–Crippen LogP) is 0.690. The molecule has 0 aliphatic heterocycles. The van der Waals surface area contributed by atoms with E-state index in [9.17, 15) is 13.2 Å². The van der Waals surface area contributed by atoms with Crippen molar-refractivity contribution >= 4 is 5.95 Å². The summed E-state index contributed by atoms with van der Waals surface area (Å²) in [6.45, 7) is 3.55. The summed E-state index contributed by atoms with van der Waals surface area (Å²) < 4.78 is 36.1. The summed E-state index contributed by atoms with van der Waals surface area (Å²) in [5.74, 6) is 3.92. The van der Waals surface area contributed by atoms with Gasteiger partial charge in [-0.25, -0.2) is 10.9 Å². The van der Waals surface area contributed by atoms with E-state index in [0.717, 1.165) is 5.01 Å². The van der Waals surface area contributed by atoms with E-state index in [4.69, 9.17) is 5.84 Å². The van der Waals surface area contributed by atoms with Gasteiger partial charge in [0.05, 0.1) is 6.54 Å². The smallest absolute Gasteiger partial charge is 0.275 e. The number of aromatic nitrogens is 3. The van der Waals surface area contributed by atoms with Crippen molar-refractivity contribution in [1.29, 1.82) is 0 Å². The zero-order valence-corrected chi connectivity index (χ0v) is 7.04. The van der Waals surface area contributed by atoms with Gasteiger partial charge < -0.3 is 0 Å². The summed E-state index contributed by atoms with van der Waals surface area (Å²) in [6, 6.07) is 0. The lowest BCUT2D eigenvalue weighted by molar-refractivity contribution is -0.144. The second-order valence-corrected chi connectivity index (χ2v) is 2.42. The maximum Gasteiger partial charge on any atom is 0.453 e. The van der Waals surface area contributed by atoms with Gasteiger partial charge in [-0.1, -0.05) is 6.08 Å². The Kier molecular flexibility index (Phi) is 2.75. The Morgan fingerprint density at radius 1 is 1.57 bits per heavy atom. The van der Waals surface area contributed by atoms with Crippen LogP contribution in [0.15, 0.2) is 12.7 Å². The molecule has 0 fully saturated rings. The van der Waals surface area contributed by atoms with E-state index in [1.165, 1.54) is 6.08 Å². The molecule has 1 heterocycles. The summed E-state index contributed by atoms with van der Waals surface area (Å²) in [6.07, 6.45) is -3.14. The molecule has 0 bridgehead atoms. The Morgan fingerprint density at radius 2 is 2.21 bits per heavy atom. The average molecular weight is 207 g/mol. The van der Waals surface area contributed by atoms with Gasteiger partial charge in [0.15, 0.2) is 0 Å². The number of rotatable bonds is 3. The fraction of sp³-hybridized carbons (Fsp3) is 0.333. The molecular formula is C6H8F3N5. The van der Waals surface area contributed by atoms with Crippen LogP contribution in [0.1, 0.15) is 5.82 Å². The molecule has 0 spiro atoms. The number of halogens is 3. The van der Waals surface area contributed by atoms with Crippen LogP contribution in [-0.2, 0) is 6.18 Å². The normalized spacial score (nSPS) is 11.4. The Balaban J connectivity index is 2.82. The van der Waals surface area contributed by atoms with Crippen molar-refractivity contribution in [2.45, 2.75) is 6.18 Å². The van der Waals surface area contributed by atoms with Crippen molar-refractivity contribution in [3.05, 3.63) is 18.5 Å². The largest absolute Gasteiger partial charge is 0.453 e. The summed E-state index contributed by atoms with van der Waals surface area (Å²) in [7, 11) is 0. The molecule has 3 N–H and O–H groups in total. The van der Waals surface area contributed by atoms with Gasteiger partial charge in [0.25, 0.3) is 5.82 Å². The SMILES string of the molecule is C=CCN(N)c1nc(C(F)(F)F)n[nH]1. The Morgan fingerprint density at radius 3 is 2.64 bits per heavy atom. The van der Waals surface area contributed by atoms with Crippen LogP contribution < -0.4 is 10.9 Å². The second kappa shape index (κ2) is 3.66. The van der Waals surface area contributed by atoms with Crippen LogP contribution in [0.2, 0.25) is 0 Å². The first-order chi connectivity index (χ1) is 6.45. The molecule has 0 aliphatic carbocycles. The standard InChI is InChI=1S/C6H8F3N5/c1-2-3-14(10)5-11-4(12-13-5)6(7,8)9/h2H,1,3,10H2,(H,11,12,13). The van der Waals surface area contributed by atoms with E-state index >= 15 is 0 Å². The van der Waals surface area contributed by atoms with Crippen LogP contribution in [-0.4, -0.2) is 21.7 Å². The third kappa shape index (κ3) is 2.22. The lowest BCUT2D eigenvalue weighted by Crippen LogP contribution is -2.31. The first-order valence-corrected chi connectivity index (χ1v) is 3.58. The summed E-state index contributed by atoms with van der Waals surface area (Å²) in [5.41, 5.74) is 0. The maximum absolute atomic E-state index is 12.0. The van der Waals surface area contributed by atoms with Gasteiger partial charge in [-0.3, -0.25) is 5.01 Å². The third-order valence-corrected chi connectivity index (χ3v) is 1.33. The molecule has 8 heteroatoms. The molecular weight excluding hydrogens is 199 g/mol. The topological polar surface area (TPSA) is 70.8 Å². The summed E-state index contributed by atoms with van der Waals surface area (Å²) >= 11 is 0. The highest BCUT2D eigenvalue weighted by Crippen LogP contribution is 2.26. The van der Waals surface area contributed by atoms with Crippen LogP contribution in [0.4, 0.5) is 19.1 Å². The molecule has 5 nitrogen and oxygen atoms in total. The molecule has 14 heavy (non-hydrogen) atoms. The average Bonchev–Trinajstić information content (AvgIpc) is 2.51. The molecule has 0 aromatic carbocycles. The lowest BCUT2D eigenvalue weighted by atomic mass is 10.6.